The first-order valence-corrected chi connectivity index (χ1v) is 10.1. The summed E-state index contributed by atoms with van der Waals surface area (Å²) < 4.78 is 2.11. The Morgan fingerprint density at radius 1 is 1.31 bits per heavy atom. The molecule has 0 radical (unpaired) electrons. The highest BCUT2D eigenvalue weighted by atomic mass is 32.2. The minimum absolute atomic E-state index is 0.0335. The van der Waals surface area contributed by atoms with Gasteiger partial charge in [-0.05, 0) is 49.9 Å². The molecular formula is C20H26N4OS. The van der Waals surface area contributed by atoms with Crippen molar-refractivity contribution in [1.82, 2.24) is 14.8 Å². The molecule has 6 heteroatoms. The fourth-order valence-corrected chi connectivity index (χ4v) is 4.09. The maximum absolute atomic E-state index is 12.3. The van der Waals surface area contributed by atoms with Gasteiger partial charge in [0.1, 0.15) is 5.82 Å². The van der Waals surface area contributed by atoms with Crippen LogP contribution >= 0.6 is 11.8 Å². The van der Waals surface area contributed by atoms with Gasteiger partial charge in [0, 0.05) is 18.2 Å². The van der Waals surface area contributed by atoms with Gasteiger partial charge >= 0.3 is 0 Å². The zero-order chi connectivity index (χ0) is 18.5. The average molecular weight is 371 g/mol. The van der Waals surface area contributed by atoms with Crippen molar-refractivity contribution in [1.29, 1.82) is 0 Å². The Morgan fingerprint density at radius 3 is 2.77 bits per heavy atom. The highest BCUT2D eigenvalue weighted by Crippen LogP contribution is 2.34. The van der Waals surface area contributed by atoms with E-state index < -0.39 is 0 Å². The van der Waals surface area contributed by atoms with Gasteiger partial charge in [-0.25, -0.2) is 0 Å². The Balaban J connectivity index is 1.63. The number of anilines is 1. The molecule has 3 rings (SSSR count). The second kappa shape index (κ2) is 8.54. The normalized spacial score (nSPS) is 14.5. The number of carbonyl (C=O) groups excluding carboxylic acids is 1. The number of allylic oxidation sites excluding steroid dienone is 1. The lowest BCUT2D eigenvalue weighted by Gasteiger charge is -2.12. The number of benzene rings is 1. The second-order valence-corrected chi connectivity index (χ2v) is 7.80. The number of rotatable bonds is 7. The number of nitrogens with zero attached hydrogens (tertiary/aromatic N) is 3. The molecular weight excluding hydrogens is 344 g/mol. The van der Waals surface area contributed by atoms with Crippen LogP contribution in [0, 0.1) is 13.8 Å². The molecule has 0 aliphatic heterocycles. The van der Waals surface area contributed by atoms with Gasteiger partial charge in [-0.15, -0.1) is 16.8 Å². The molecule has 1 aliphatic rings. The number of aryl methyl sites for hydroxylation is 2. The molecule has 0 spiro atoms. The van der Waals surface area contributed by atoms with E-state index in [-0.39, 0.29) is 5.91 Å². The van der Waals surface area contributed by atoms with Crippen LogP contribution in [0.1, 0.15) is 48.6 Å². The van der Waals surface area contributed by atoms with E-state index >= 15 is 0 Å². The van der Waals surface area contributed by atoms with Crippen molar-refractivity contribution in [3.05, 3.63) is 47.8 Å². The highest BCUT2D eigenvalue weighted by molar-refractivity contribution is 7.99. The summed E-state index contributed by atoms with van der Waals surface area (Å²) in [4.78, 5) is 12.3. The number of hydrogen-bond donors (Lipinski definition) is 1. The highest BCUT2D eigenvalue weighted by Gasteiger charge is 2.24. The SMILES string of the molecule is C=CCn1c(SCC(=O)Nc2ccc(C)c(C)c2)nnc1C1CCCC1. The van der Waals surface area contributed by atoms with Crippen molar-refractivity contribution in [2.24, 2.45) is 0 Å². The first kappa shape index (κ1) is 18.7. The van der Waals surface area contributed by atoms with Crippen LogP contribution in [0.2, 0.25) is 0 Å². The maximum Gasteiger partial charge on any atom is 0.234 e. The Kier molecular flexibility index (Phi) is 6.14. The van der Waals surface area contributed by atoms with Gasteiger partial charge in [-0.2, -0.15) is 0 Å². The van der Waals surface area contributed by atoms with Gasteiger partial charge in [-0.1, -0.05) is 36.7 Å². The third-order valence-electron chi connectivity index (χ3n) is 4.90. The lowest BCUT2D eigenvalue weighted by Crippen LogP contribution is -2.15. The number of carbonyl (C=O) groups is 1. The van der Waals surface area contributed by atoms with Gasteiger partial charge < -0.3 is 9.88 Å². The topological polar surface area (TPSA) is 59.8 Å². The fraction of sp³-hybridized carbons (Fsp3) is 0.450. The average Bonchev–Trinajstić information content (AvgIpc) is 3.26. The number of hydrogen-bond acceptors (Lipinski definition) is 4. The maximum atomic E-state index is 12.3. The summed E-state index contributed by atoms with van der Waals surface area (Å²) >= 11 is 1.43. The summed E-state index contributed by atoms with van der Waals surface area (Å²) in [5.41, 5.74) is 3.22. The molecule has 1 saturated carbocycles. The van der Waals surface area contributed by atoms with Crippen LogP contribution in [0.25, 0.3) is 0 Å². The summed E-state index contributed by atoms with van der Waals surface area (Å²) in [5.74, 6) is 1.81. The van der Waals surface area contributed by atoms with Gasteiger partial charge in [0.25, 0.3) is 0 Å². The van der Waals surface area contributed by atoms with Crippen molar-refractivity contribution in [3.63, 3.8) is 0 Å². The van der Waals surface area contributed by atoms with Crippen LogP contribution in [0.15, 0.2) is 36.0 Å². The van der Waals surface area contributed by atoms with Crippen LogP contribution < -0.4 is 5.32 Å². The molecule has 0 atom stereocenters. The molecule has 5 nitrogen and oxygen atoms in total. The minimum atomic E-state index is -0.0335. The molecule has 1 heterocycles. The Labute approximate surface area is 159 Å². The lowest BCUT2D eigenvalue weighted by molar-refractivity contribution is -0.113. The predicted octanol–water partition coefficient (Wildman–Crippen LogP) is 4.47. The third-order valence-corrected chi connectivity index (χ3v) is 5.87. The minimum Gasteiger partial charge on any atom is -0.325 e. The Bertz CT molecular complexity index is 793. The molecule has 1 amide bonds. The van der Waals surface area contributed by atoms with Crippen LogP contribution in [-0.4, -0.2) is 26.4 Å². The molecule has 1 aliphatic carbocycles. The van der Waals surface area contributed by atoms with E-state index in [4.69, 9.17) is 0 Å². The van der Waals surface area contributed by atoms with Crippen molar-refractivity contribution < 1.29 is 4.79 Å². The van der Waals surface area contributed by atoms with E-state index in [1.54, 1.807) is 0 Å². The summed E-state index contributed by atoms with van der Waals surface area (Å²) in [7, 11) is 0. The molecule has 1 aromatic carbocycles. The van der Waals surface area contributed by atoms with Crippen LogP contribution in [-0.2, 0) is 11.3 Å². The van der Waals surface area contributed by atoms with Gasteiger partial charge in [0.2, 0.25) is 5.91 Å². The molecule has 0 saturated heterocycles. The van der Waals surface area contributed by atoms with E-state index in [9.17, 15) is 4.79 Å². The molecule has 1 N–H and O–H groups in total. The van der Waals surface area contributed by atoms with Crippen molar-refractivity contribution in [2.75, 3.05) is 11.1 Å². The smallest absolute Gasteiger partial charge is 0.234 e. The largest absolute Gasteiger partial charge is 0.325 e. The van der Waals surface area contributed by atoms with E-state index in [0.717, 1.165) is 16.7 Å². The standard InChI is InChI=1S/C20H26N4OS/c1-4-11-24-19(16-7-5-6-8-16)22-23-20(24)26-13-18(25)21-17-10-9-14(2)15(3)12-17/h4,9-10,12,16H,1,5-8,11,13H2,2-3H3,(H,21,25). The summed E-state index contributed by atoms with van der Waals surface area (Å²) in [5, 5.41) is 12.5. The van der Waals surface area contributed by atoms with E-state index in [1.807, 2.05) is 31.2 Å². The van der Waals surface area contributed by atoms with E-state index in [2.05, 4.69) is 33.6 Å². The van der Waals surface area contributed by atoms with E-state index in [0.29, 0.717) is 18.2 Å². The summed E-state index contributed by atoms with van der Waals surface area (Å²) in [6.45, 7) is 8.63. The van der Waals surface area contributed by atoms with Gasteiger partial charge in [-0.3, -0.25) is 4.79 Å². The molecule has 0 unspecified atom stereocenters. The summed E-state index contributed by atoms with van der Waals surface area (Å²) in [6.07, 6.45) is 6.72. The van der Waals surface area contributed by atoms with Gasteiger partial charge in [0.15, 0.2) is 5.16 Å². The van der Waals surface area contributed by atoms with Crippen LogP contribution in [0.3, 0.4) is 0 Å². The lowest BCUT2D eigenvalue weighted by atomic mass is 10.1. The molecule has 138 valence electrons. The second-order valence-electron chi connectivity index (χ2n) is 6.86. The number of thioether (sulfide) groups is 1. The first-order valence-electron chi connectivity index (χ1n) is 9.12. The van der Waals surface area contributed by atoms with Crippen molar-refractivity contribution in [2.45, 2.75) is 57.1 Å². The molecule has 2 aromatic rings. The number of aromatic nitrogens is 3. The van der Waals surface area contributed by atoms with Crippen LogP contribution in [0.4, 0.5) is 5.69 Å². The Morgan fingerprint density at radius 2 is 2.08 bits per heavy atom. The monoisotopic (exact) mass is 370 g/mol. The zero-order valence-electron chi connectivity index (χ0n) is 15.5. The number of nitrogens with one attached hydrogen (secondary N) is 1. The quantitative estimate of drug-likeness (QED) is 0.577. The molecule has 1 fully saturated rings. The third kappa shape index (κ3) is 4.36. The first-order chi connectivity index (χ1) is 12.6. The number of amides is 1. The molecule has 1 aromatic heterocycles. The zero-order valence-corrected chi connectivity index (χ0v) is 16.3. The fourth-order valence-electron chi connectivity index (χ4n) is 3.34. The summed E-state index contributed by atoms with van der Waals surface area (Å²) in [6, 6.07) is 5.95. The molecule has 0 bridgehead atoms. The van der Waals surface area contributed by atoms with Crippen molar-refractivity contribution in [3.8, 4) is 0 Å². The Hall–Kier alpha value is -2.08. The van der Waals surface area contributed by atoms with Crippen LogP contribution in [0.5, 0.6) is 0 Å². The predicted molar refractivity (Wildman–Crippen MR) is 107 cm³/mol. The van der Waals surface area contributed by atoms with Gasteiger partial charge in [0.05, 0.1) is 5.75 Å². The molecule has 26 heavy (non-hydrogen) atoms. The van der Waals surface area contributed by atoms with E-state index in [1.165, 1.54) is 48.6 Å². The van der Waals surface area contributed by atoms with Crippen molar-refractivity contribution >= 4 is 23.4 Å².